The van der Waals surface area contributed by atoms with E-state index in [1.54, 1.807) is 0 Å². The van der Waals surface area contributed by atoms with Gasteiger partial charge in [-0.2, -0.15) is 0 Å². The average Bonchev–Trinajstić information content (AvgIpc) is 2.33. The SMILES string of the molecule is Cc1ccc(NC2CCN(C(C)C)CC2)c(C)n1. The van der Waals surface area contributed by atoms with Crippen molar-refractivity contribution in [3.05, 3.63) is 23.5 Å². The van der Waals surface area contributed by atoms with Crippen molar-refractivity contribution in [2.24, 2.45) is 0 Å². The maximum atomic E-state index is 4.51. The van der Waals surface area contributed by atoms with Crippen LogP contribution >= 0.6 is 0 Å². The van der Waals surface area contributed by atoms with Crippen molar-refractivity contribution in [3.8, 4) is 0 Å². The highest BCUT2D eigenvalue weighted by molar-refractivity contribution is 5.48. The Hall–Kier alpha value is -1.09. The van der Waals surface area contributed by atoms with Crippen LogP contribution in [-0.4, -0.2) is 35.1 Å². The Balaban J connectivity index is 1.91. The van der Waals surface area contributed by atoms with Gasteiger partial charge in [-0.1, -0.05) is 0 Å². The summed E-state index contributed by atoms with van der Waals surface area (Å²) in [4.78, 5) is 7.06. The number of hydrogen-bond donors (Lipinski definition) is 1. The van der Waals surface area contributed by atoms with Crippen molar-refractivity contribution >= 4 is 5.69 Å². The van der Waals surface area contributed by atoms with Gasteiger partial charge < -0.3 is 10.2 Å². The lowest BCUT2D eigenvalue weighted by molar-refractivity contribution is 0.177. The molecular weight excluding hydrogens is 222 g/mol. The average molecular weight is 247 g/mol. The van der Waals surface area contributed by atoms with Crippen molar-refractivity contribution in [2.45, 2.75) is 52.6 Å². The Morgan fingerprint density at radius 2 is 1.89 bits per heavy atom. The lowest BCUT2D eigenvalue weighted by Crippen LogP contribution is -2.42. The van der Waals surface area contributed by atoms with Gasteiger partial charge in [0, 0.05) is 30.9 Å². The molecule has 0 unspecified atom stereocenters. The first kappa shape index (κ1) is 13.3. The normalized spacial score (nSPS) is 18.3. The fourth-order valence-electron chi connectivity index (χ4n) is 2.62. The molecule has 0 spiro atoms. The molecule has 0 saturated carbocycles. The molecule has 0 radical (unpaired) electrons. The summed E-state index contributed by atoms with van der Waals surface area (Å²) >= 11 is 0. The van der Waals surface area contributed by atoms with Crippen LogP contribution in [0.3, 0.4) is 0 Å². The predicted molar refractivity (Wildman–Crippen MR) is 77.1 cm³/mol. The predicted octanol–water partition coefficient (Wildman–Crippen LogP) is 2.98. The highest BCUT2D eigenvalue weighted by Gasteiger charge is 2.20. The molecule has 100 valence electrons. The van der Waals surface area contributed by atoms with Crippen LogP contribution in [0, 0.1) is 13.8 Å². The standard InChI is InChI=1S/C15H25N3/c1-11(2)18-9-7-14(8-10-18)17-15-6-5-12(3)16-13(15)4/h5-6,11,14,17H,7-10H2,1-4H3. The lowest BCUT2D eigenvalue weighted by Gasteiger charge is -2.35. The third-order valence-electron chi connectivity index (χ3n) is 3.84. The van der Waals surface area contributed by atoms with E-state index >= 15 is 0 Å². The zero-order valence-electron chi connectivity index (χ0n) is 12.0. The van der Waals surface area contributed by atoms with Gasteiger partial charge in [0.15, 0.2) is 0 Å². The van der Waals surface area contributed by atoms with Crippen LogP contribution in [0.25, 0.3) is 0 Å². The largest absolute Gasteiger partial charge is 0.381 e. The third-order valence-corrected chi connectivity index (χ3v) is 3.84. The minimum absolute atomic E-state index is 0.600. The van der Waals surface area contributed by atoms with Crippen molar-refractivity contribution < 1.29 is 0 Å². The molecule has 0 bridgehead atoms. The molecule has 18 heavy (non-hydrogen) atoms. The van der Waals surface area contributed by atoms with E-state index in [2.05, 4.69) is 48.1 Å². The third kappa shape index (κ3) is 3.22. The first-order valence-electron chi connectivity index (χ1n) is 7.01. The summed E-state index contributed by atoms with van der Waals surface area (Å²) in [7, 11) is 0. The highest BCUT2D eigenvalue weighted by Crippen LogP contribution is 2.20. The van der Waals surface area contributed by atoms with Crippen LogP contribution in [0.5, 0.6) is 0 Å². The van der Waals surface area contributed by atoms with Gasteiger partial charge in [0.1, 0.15) is 0 Å². The van der Waals surface area contributed by atoms with Crippen LogP contribution in [-0.2, 0) is 0 Å². The molecule has 1 fully saturated rings. The smallest absolute Gasteiger partial charge is 0.0606 e. The first-order valence-corrected chi connectivity index (χ1v) is 7.01. The van der Waals surface area contributed by atoms with Crippen molar-refractivity contribution in [3.63, 3.8) is 0 Å². The van der Waals surface area contributed by atoms with Crippen molar-refractivity contribution in [2.75, 3.05) is 18.4 Å². The van der Waals surface area contributed by atoms with E-state index in [0.29, 0.717) is 12.1 Å². The number of nitrogens with zero attached hydrogens (tertiary/aromatic N) is 2. The Bertz CT molecular complexity index is 393. The minimum atomic E-state index is 0.600. The highest BCUT2D eigenvalue weighted by atomic mass is 15.2. The number of aryl methyl sites for hydroxylation is 2. The molecule has 1 aliphatic rings. The van der Waals surface area contributed by atoms with Gasteiger partial charge in [-0.3, -0.25) is 4.98 Å². The number of nitrogens with one attached hydrogen (secondary N) is 1. The van der Waals surface area contributed by atoms with Gasteiger partial charge in [0.2, 0.25) is 0 Å². The van der Waals surface area contributed by atoms with Crippen LogP contribution in [0.1, 0.15) is 38.1 Å². The molecule has 3 nitrogen and oxygen atoms in total. The summed E-state index contributed by atoms with van der Waals surface area (Å²) in [5.41, 5.74) is 3.40. The molecule has 1 aromatic heterocycles. The summed E-state index contributed by atoms with van der Waals surface area (Å²) in [6.07, 6.45) is 2.46. The number of aromatic nitrogens is 1. The van der Waals surface area contributed by atoms with Crippen molar-refractivity contribution in [1.29, 1.82) is 0 Å². The molecule has 1 saturated heterocycles. The molecule has 0 amide bonds. The molecule has 2 rings (SSSR count). The summed E-state index contributed by atoms with van der Waals surface area (Å²) in [5.74, 6) is 0. The zero-order valence-corrected chi connectivity index (χ0v) is 12.0. The lowest BCUT2D eigenvalue weighted by atomic mass is 10.0. The summed E-state index contributed by atoms with van der Waals surface area (Å²) < 4.78 is 0. The maximum Gasteiger partial charge on any atom is 0.0606 e. The summed E-state index contributed by atoms with van der Waals surface area (Å²) in [6, 6.07) is 5.52. The summed E-state index contributed by atoms with van der Waals surface area (Å²) in [5, 5.41) is 3.65. The summed E-state index contributed by atoms with van der Waals surface area (Å²) in [6.45, 7) is 11.1. The molecular formula is C15H25N3. The van der Waals surface area contributed by atoms with E-state index in [0.717, 1.165) is 11.4 Å². The molecule has 3 heteroatoms. The Labute approximate surface area is 111 Å². The maximum absolute atomic E-state index is 4.51. The van der Waals surface area contributed by atoms with E-state index in [1.807, 2.05) is 6.92 Å². The van der Waals surface area contributed by atoms with Gasteiger partial charge >= 0.3 is 0 Å². The van der Waals surface area contributed by atoms with E-state index in [1.165, 1.54) is 31.6 Å². The second kappa shape index (κ2) is 5.70. The van der Waals surface area contributed by atoms with Gasteiger partial charge in [-0.05, 0) is 52.7 Å². The number of pyridine rings is 1. The van der Waals surface area contributed by atoms with Gasteiger partial charge in [0.05, 0.1) is 11.4 Å². The Morgan fingerprint density at radius 3 is 2.44 bits per heavy atom. The van der Waals surface area contributed by atoms with Gasteiger partial charge in [0.25, 0.3) is 0 Å². The van der Waals surface area contributed by atoms with Crippen LogP contribution in [0.2, 0.25) is 0 Å². The van der Waals surface area contributed by atoms with E-state index in [-0.39, 0.29) is 0 Å². The first-order chi connectivity index (χ1) is 8.56. The fourth-order valence-corrected chi connectivity index (χ4v) is 2.62. The quantitative estimate of drug-likeness (QED) is 0.890. The number of hydrogen-bond acceptors (Lipinski definition) is 3. The molecule has 2 heterocycles. The molecule has 0 aromatic carbocycles. The number of anilines is 1. The molecule has 1 aromatic rings. The zero-order chi connectivity index (χ0) is 13.1. The van der Waals surface area contributed by atoms with Crippen LogP contribution in [0.15, 0.2) is 12.1 Å². The fraction of sp³-hybridized carbons (Fsp3) is 0.667. The van der Waals surface area contributed by atoms with Crippen LogP contribution < -0.4 is 5.32 Å². The molecule has 0 atom stereocenters. The molecule has 1 aliphatic heterocycles. The van der Waals surface area contributed by atoms with Gasteiger partial charge in [-0.15, -0.1) is 0 Å². The number of piperidine rings is 1. The monoisotopic (exact) mass is 247 g/mol. The Kier molecular flexibility index (Phi) is 4.23. The molecule has 1 N–H and O–H groups in total. The van der Waals surface area contributed by atoms with Crippen molar-refractivity contribution in [1.82, 2.24) is 9.88 Å². The van der Waals surface area contributed by atoms with E-state index in [9.17, 15) is 0 Å². The number of likely N-dealkylation sites (tertiary alicyclic amines) is 1. The second-order valence-corrected chi connectivity index (χ2v) is 5.63. The Morgan fingerprint density at radius 1 is 1.22 bits per heavy atom. The number of rotatable bonds is 3. The van der Waals surface area contributed by atoms with E-state index < -0.39 is 0 Å². The second-order valence-electron chi connectivity index (χ2n) is 5.63. The molecule has 0 aliphatic carbocycles. The topological polar surface area (TPSA) is 28.2 Å². The van der Waals surface area contributed by atoms with Crippen LogP contribution in [0.4, 0.5) is 5.69 Å². The van der Waals surface area contributed by atoms with E-state index in [4.69, 9.17) is 0 Å². The minimum Gasteiger partial charge on any atom is -0.381 e. The van der Waals surface area contributed by atoms with Gasteiger partial charge in [-0.25, -0.2) is 0 Å².